The summed E-state index contributed by atoms with van der Waals surface area (Å²) in [6.45, 7) is 3.98. The van der Waals surface area contributed by atoms with Crippen molar-refractivity contribution in [2.45, 2.75) is 0 Å². The van der Waals surface area contributed by atoms with Crippen LogP contribution in [0.15, 0.2) is 21.1 Å². The normalized spacial score (nSPS) is 17.2. The lowest BCUT2D eigenvalue weighted by Gasteiger charge is -2.35. The van der Waals surface area contributed by atoms with E-state index in [9.17, 15) is 4.79 Å². The third-order valence-corrected chi connectivity index (χ3v) is 4.15. The Balaban J connectivity index is 2.34. The summed E-state index contributed by atoms with van der Waals surface area (Å²) in [6, 6.07) is 3.92. The quantitative estimate of drug-likeness (QED) is 0.757. The Morgan fingerprint density at radius 3 is 2.41 bits per heavy atom. The third-order valence-electron chi connectivity index (χ3n) is 3.03. The van der Waals surface area contributed by atoms with Gasteiger partial charge >= 0.3 is 0 Å². The summed E-state index contributed by atoms with van der Waals surface area (Å²) in [7, 11) is 2.12. The van der Waals surface area contributed by atoms with Crippen LogP contribution in [-0.2, 0) is 0 Å². The second-order valence-corrected chi connectivity index (χ2v) is 6.00. The zero-order chi connectivity index (χ0) is 12.4. The van der Waals surface area contributed by atoms with Gasteiger partial charge < -0.3 is 9.80 Å². The standard InChI is InChI=1S/C12H14Br2N2O/c1-15-2-4-16(5-3-15)12-7-9(13)6-11(14)10(12)8-17/h6-8H,2-5H2,1H3. The Labute approximate surface area is 118 Å². The molecule has 0 saturated carbocycles. The van der Waals surface area contributed by atoms with Crippen LogP contribution in [0.25, 0.3) is 0 Å². The summed E-state index contributed by atoms with van der Waals surface area (Å²) in [6.07, 6.45) is 0.921. The number of carbonyl (C=O) groups is 1. The predicted octanol–water partition coefficient (Wildman–Crippen LogP) is 2.78. The van der Waals surface area contributed by atoms with Crippen LogP contribution < -0.4 is 4.90 Å². The van der Waals surface area contributed by atoms with Gasteiger partial charge in [0.05, 0.1) is 5.56 Å². The van der Waals surface area contributed by atoms with Crippen molar-refractivity contribution in [3.05, 3.63) is 26.6 Å². The Hall–Kier alpha value is -0.390. The van der Waals surface area contributed by atoms with Crippen molar-refractivity contribution in [2.75, 3.05) is 38.1 Å². The molecule has 0 atom stereocenters. The average molecular weight is 362 g/mol. The number of nitrogens with zero attached hydrogens (tertiary/aromatic N) is 2. The lowest BCUT2D eigenvalue weighted by molar-refractivity contribution is 0.112. The van der Waals surface area contributed by atoms with Crippen LogP contribution >= 0.6 is 31.9 Å². The number of anilines is 1. The van der Waals surface area contributed by atoms with Gasteiger partial charge in [-0.15, -0.1) is 0 Å². The van der Waals surface area contributed by atoms with Gasteiger partial charge in [0.2, 0.25) is 0 Å². The van der Waals surface area contributed by atoms with Crippen LogP contribution in [-0.4, -0.2) is 44.4 Å². The molecule has 0 bridgehead atoms. The van der Waals surface area contributed by atoms with Crippen LogP contribution in [0.3, 0.4) is 0 Å². The molecule has 92 valence electrons. The highest BCUT2D eigenvalue weighted by Crippen LogP contribution is 2.31. The van der Waals surface area contributed by atoms with E-state index in [0.29, 0.717) is 0 Å². The Kier molecular flexibility index (Phi) is 4.22. The molecule has 0 aromatic heterocycles. The average Bonchev–Trinajstić information content (AvgIpc) is 2.29. The zero-order valence-electron chi connectivity index (χ0n) is 9.62. The van der Waals surface area contributed by atoms with Crippen molar-refractivity contribution in [3.8, 4) is 0 Å². The fraction of sp³-hybridized carbons (Fsp3) is 0.417. The molecule has 0 spiro atoms. The van der Waals surface area contributed by atoms with Gasteiger partial charge in [-0.1, -0.05) is 15.9 Å². The number of benzene rings is 1. The van der Waals surface area contributed by atoms with E-state index in [-0.39, 0.29) is 0 Å². The molecule has 1 aliphatic rings. The summed E-state index contributed by atoms with van der Waals surface area (Å²) in [5, 5.41) is 0. The smallest absolute Gasteiger partial charge is 0.153 e. The molecule has 1 saturated heterocycles. The number of hydrogen-bond donors (Lipinski definition) is 0. The van der Waals surface area contributed by atoms with Crippen LogP contribution in [0, 0.1) is 0 Å². The summed E-state index contributed by atoms with van der Waals surface area (Å²) in [5.74, 6) is 0. The number of rotatable bonds is 2. The van der Waals surface area contributed by atoms with Crippen LogP contribution in [0.4, 0.5) is 5.69 Å². The Morgan fingerprint density at radius 1 is 1.18 bits per heavy atom. The van der Waals surface area contributed by atoms with E-state index in [2.05, 4.69) is 48.7 Å². The van der Waals surface area contributed by atoms with Crippen molar-refractivity contribution < 1.29 is 4.79 Å². The van der Waals surface area contributed by atoms with Gasteiger partial charge in [-0.3, -0.25) is 4.79 Å². The first kappa shape index (κ1) is 13.1. The van der Waals surface area contributed by atoms with E-state index < -0.39 is 0 Å². The molecular formula is C12H14Br2N2O. The molecule has 1 fully saturated rings. The molecular weight excluding hydrogens is 348 g/mol. The molecule has 0 unspecified atom stereocenters. The number of aldehydes is 1. The minimum Gasteiger partial charge on any atom is -0.368 e. The summed E-state index contributed by atoms with van der Waals surface area (Å²) < 4.78 is 1.83. The second-order valence-electron chi connectivity index (χ2n) is 4.23. The van der Waals surface area contributed by atoms with Crippen molar-refractivity contribution in [3.63, 3.8) is 0 Å². The maximum atomic E-state index is 11.2. The first-order valence-corrected chi connectivity index (χ1v) is 7.08. The molecule has 3 nitrogen and oxygen atoms in total. The van der Waals surface area contributed by atoms with Gasteiger partial charge in [-0.05, 0) is 35.1 Å². The summed E-state index contributed by atoms with van der Waals surface area (Å²) in [4.78, 5) is 15.7. The molecule has 1 aromatic carbocycles. The number of carbonyl (C=O) groups excluding carboxylic acids is 1. The van der Waals surface area contributed by atoms with Crippen LogP contribution in [0.2, 0.25) is 0 Å². The lowest BCUT2D eigenvalue weighted by Crippen LogP contribution is -2.44. The van der Waals surface area contributed by atoms with E-state index >= 15 is 0 Å². The zero-order valence-corrected chi connectivity index (χ0v) is 12.8. The van der Waals surface area contributed by atoms with Gasteiger partial charge in [0, 0.05) is 40.8 Å². The maximum Gasteiger partial charge on any atom is 0.153 e. The topological polar surface area (TPSA) is 23.6 Å². The Bertz CT molecular complexity index is 429. The van der Waals surface area contributed by atoms with Crippen molar-refractivity contribution in [1.29, 1.82) is 0 Å². The molecule has 1 aromatic rings. The van der Waals surface area contributed by atoms with E-state index in [1.807, 2.05) is 12.1 Å². The van der Waals surface area contributed by atoms with Crippen molar-refractivity contribution in [2.24, 2.45) is 0 Å². The molecule has 17 heavy (non-hydrogen) atoms. The summed E-state index contributed by atoms with van der Waals surface area (Å²) >= 11 is 6.91. The number of likely N-dealkylation sites (N-methyl/N-ethyl adjacent to an activating group) is 1. The molecule has 5 heteroatoms. The first-order chi connectivity index (χ1) is 8.11. The van der Waals surface area contributed by atoms with Crippen molar-refractivity contribution >= 4 is 43.8 Å². The predicted molar refractivity (Wildman–Crippen MR) is 76.9 cm³/mol. The van der Waals surface area contributed by atoms with Gasteiger partial charge in [-0.2, -0.15) is 0 Å². The molecule has 0 N–H and O–H groups in total. The van der Waals surface area contributed by atoms with Gasteiger partial charge in [0.15, 0.2) is 6.29 Å². The highest BCUT2D eigenvalue weighted by atomic mass is 79.9. The minimum absolute atomic E-state index is 0.734. The van der Waals surface area contributed by atoms with E-state index in [1.54, 1.807) is 0 Å². The minimum atomic E-state index is 0.734. The SMILES string of the molecule is CN1CCN(c2cc(Br)cc(Br)c2C=O)CC1. The largest absolute Gasteiger partial charge is 0.368 e. The van der Waals surface area contributed by atoms with Gasteiger partial charge in [0.25, 0.3) is 0 Å². The molecule has 1 heterocycles. The molecule has 0 aliphatic carbocycles. The second kappa shape index (κ2) is 5.50. The molecule has 1 aliphatic heterocycles. The van der Waals surface area contributed by atoms with Gasteiger partial charge in [0.1, 0.15) is 0 Å². The Morgan fingerprint density at radius 2 is 1.82 bits per heavy atom. The highest BCUT2D eigenvalue weighted by molar-refractivity contribution is 9.11. The monoisotopic (exact) mass is 360 g/mol. The maximum absolute atomic E-state index is 11.2. The molecule has 0 radical (unpaired) electrons. The fourth-order valence-corrected chi connectivity index (χ4v) is 3.29. The van der Waals surface area contributed by atoms with E-state index in [0.717, 1.165) is 52.7 Å². The van der Waals surface area contributed by atoms with E-state index in [1.165, 1.54) is 0 Å². The van der Waals surface area contributed by atoms with Crippen LogP contribution in [0.1, 0.15) is 10.4 Å². The summed E-state index contributed by atoms with van der Waals surface area (Å²) in [5.41, 5.74) is 1.74. The lowest BCUT2D eigenvalue weighted by atomic mass is 10.1. The van der Waals surface area contributed by atoms with Crippen LogP contribution in [0.5, 0.6) is 0 Å². The highest BCUT2D eigenvalue weighted by Gasteiger charge is 2.18. The number of piperazine rings is 1. The fourth-order valence-electron chi connectivity index (χ4n) is 2.00. The first-order valence-electron chi connectivity index (χ1n) is 5.49. The van der Waals surface area contributed by atoms with Crippen molar-refractivity contribution in [1.82, 2.24) is 4.90 Å². The molecule has 0 amide bonds. The van der Waals surface area contributed by atoms with Gasteiger partial charge in [-0.25, -0.2) is 0 Å². The van der Waals surface area contributed by atoms with E-state index in [4.69, 9.17) is 0 Å². The molecule has 2 rings (SSSR count). The number of halogens is 2. The third kappa shape index (κ3) is 2.89. The number of hydrogen-bond acceptors (Lipinski definition) is 3.